The molecular weight excluding hydrogens is 270 g/mol. The van der Waals surface area contributed by atoms with Gasteiger partial charge in [-0.2, -0.15) is 0 Å². The molecule has 0 saturated carbocycles. The van der Waals surface area contributed by atoms with Crippen molar-refractivity contribution in [3.63, 3.8) is 0 Å². The van der Waals surface area contributed by atoms with Gasteiger partial charge in [-0.05, 0) is 37.2 Å². The zero-order valence-electron chi connectivity index (χ0n) is 12.6. The lowest BCUT2D eigenvalue weighted by Gasteiger charge is -2.40. The quantitative estimate of drug-likeness (QED) is 0.871. The lowest BCUT2D eigenvalue weighted by atomic mass is 10.1. The molecule has 1 heterocycles. The van der Waals surface area contributed by atoms with Crippen LogP contribution in [0.4, 0.5) is 5.69 Å². The minimum absolute atomic E-state index is 0.669. The number of piperazine rings is 1. The Kier molecular flexibility index (Phi) is 6.14. The summed E-state index contributed by atoms with van der Waals surface area (Å²) in [5.74, 6) is 0. The van der Waals surface area contributed by atoms with Crippen molar-refractivity contribution in [2.75, 3.05) is 44.2 Å². The van der Waals surface area contributed by atoms with Crippen molar-refractivity contribution in [3.8, 4) is 0 Å². The third-order valence-corrected chi connectivity index (χ3v) is 4.38. The van der Waals surface area contributed by atoms with Gasteiger partial charge in [-0.1, -0.05) is 25.4 Å². The average Bonchev–Trinajstić information content (AvgIpc) is 2.49. The maximum atomic E-state index is 5.95. The second-order valence-electron chi connectivity index (χ2n) is 5.37. The molecule has 3 nitrogen and oxygen atoms in total. The highest BCUT2D eigenvalue weighted by atomic mass is 35.5. The Morgan fingerprint density at radius 2 is 1.75 bits per heavy atom. The molecule has 20 heavy (non-hydrogen) atoms. The number of likely N-dealkylation sites (N-methyl/N-ethyl adjacent to an activating group) is 1. The minimum Gasteiger partial charge on any atom is -0.369 e. The van der Waals surface area contributed by atoms with Crippen LogP contribution in [0.5, 0.6) is 0 Å². The predicted octanol–water partition coefficient (Wildman–Crippen LogP) is 2.85. The van der Waals surface area contributed by atoms with Crippen LogP contribution in [0.2, 0.25) is 5.02 Å². The molecule has 1 aliphatic rings. The van der Waals surface area contributed by atoms with Crippen LogP contribution in [0.3, 0.4) is 0 Å². The van der Waals surface area contributed by atoms with Gasteiger partial charge in [0, 0.05) is 49.5 Å². The Hall–Kier alpha value is -0.770. The normalized spacial score (nSPS) is 18.2. The topological polar surface area (TPSA) is 18.5 Å². The SMILES string of the molecule is CCNCC(CC)N1CCN(c2ccc(Cl)cc2)CC1. The lowest BCUT2D eigenvalue weighted by Crippen LogP contribution is -2.52. The molecule has 1 saturated heterocycles. The predicted molar refractivity (Wildman–Crippen MR) is 87.9 cm³/mol. The monoisotopic (exact) mass is 295 g/mol. The van der Waals surface area contributed by atoms with E-state index in [2.05, 4.69) is 41.1 Å². The molecule has 2 rings (SSSR count). The van der Waals surface area contributed by atoms with Crippen molar-refractivity contribution < 1.29 is 0 Å². The summed E-state index contributed by atoms with van der Waals surface area (Å²) >= 11 is 5.95. The van der Waals surface area contributed by atoms with Crippen LogP contribution in [0.1, 0.15) is 20.3 Å². The minimum atomic E-state index is 0.669. The molecule has 1 N–H and O–H groups in total. The van der Waals surface area contributed by atoms with Gasteiger partial charge in [0.15, 0.2) is 0 Å². The van der Waals surface area contributed by atoms with Crippen LogP contribution in [0.15, 0.2) is 24.3 Å². The highest BCUT2D eigenvalue weighted by Crippen LogP contribution is 2.20. The molecule has 0 spiro atoms. The van der Waals surface area contributed by atoms with Crippen LogP contribution < -0.4 is 10.2 Å². The molecule has 1 atom stereocenters. The summed E-state index contributed by atoms with van der Waals surface area (Å²) < 4.78 is 0. The third-order valence-electron chi connectivity index (χ3n) is 4.12. The number of halogens is 1. The van der Waals surface area contributed by atoms with E-state index in [9.17, 15) is 0 Å². The van der Waals surface area contributed by atoms with E-state index in [1.165, 1.54) is 12.1 Å². The van der Waals surface area contributed by atoms with Crippen molar-refractivity contribution in [2.24, 2.45) is 0 Å². The first kappa shape index (κ1) is 15.6. The second kappa shape index (κ2) is 7.87. The van der Waals surface area contributed by atoms with Gasteiger partial charge in [0.2, 0.25) is 0 Å². The number of hydrogen-bond donors (Lipinski definition) is 1. The molecule has 0 aliphatic carbocycles. The molecule has 1 aliphatic heterocycles. The zero-order valence-corrected chi connectivity index (χ0v) is 13.4. The first-order chi connectivity index (χ1) is 9.74. The van der Waals surface area contributed by atoms with Gasteiger partial charge < -0.3 is 10.2 Å². The number of nitrogens with one attached hydrogen (secondary N) is 1. The van der Waals surface area contributed by atoms with Gasteiger partial charge in [-0.25, -0.2) is 0 Å². The summed E-state index contributed by atoms with van der Waals surface area (Å²) in [5.41, 5.74) is 1.29. The van der Waals surface area contributed by atoms with E-state index in [0.717, 1.165) is 44.3 Å². The maximum absolute atomic E-state index is 5.95. The largest absolute Gasteiger partial charge is 0.369 e. The highest BCUT2D eigenvalue weighted by molar-refractivity contribution is 6.30. The van der Waals surface area contributed by atoms with Gasteiger partial charge in [-0.15, -0.1) is 0 Å². The molecule has 0 aromatic heterocycles. The molecular formula is C16H26ClN3. The second-order valence-corrected chi connectivity index (χ2v) is 5.81. The summed E-state index contributed by atoms with van der Waals surface area (Å²) in [6.45, 7) is 11.1. The smallest absolute Gasteiger partial charge is 0.0407 e. The molecule has 0 bridgehead atoms. The summed E-state index contributed by atoms with van der Waals surface area (Å²) in [6.07, 6.45) is 1.22. The van der Waals surface area contributed by atoms with Gasteiger partial charge in [-0.3, -0.25) is 4.90 Å². The number of anilines is 1. The van der Waals surface area contributed by atoms with Gasteiger partial charge in [0.05, 0.1) is 0 Å². The lowest BCUT2D eigenvalue weighted by molar-refractivity contribution is 0.177. The fraction of sp³-hybridized carbons (Fsp3) is 0.625. The van der Waals surface area contributed by atoms with Crippen molar-refractivity contribution in [1.82, 2.24) is 10.2 Å². The highest BCUT2D eigenvalue weighted by Gasteiger charge is 2.22. The average molecular weight is 296 g/mol. The van der Waals surface area contributed by atoms with Gasteiger partial charge in [0.25, 0.3) is 0 Å². The molecule has 1 unspecified atom stereocenters. The Morgan fingerprint density at radius 3 is 2.30 bits per heavy atom. The summed E-state index contributed by atoms with van der Waals surface area (Å²) in [5, 5.41) is 4.29. The summed E-state index contributed by atoms with van der Waals surface area (Å²) in [7, 11) is 0. The Bertz CT molecular complexity index is 385. The molecule has 1 aromatic rings. The van der Waals surface area contributed by atoms with Crippen molar-refractivity contribution in [3.05, 3.63) is 29.3 Å². The fourth-order valence-corrected chi connectivity index (χ4v) is 2.97. The van der Waals surface area contributed by atoms with E-state index in [4.69, 9.17) is 11.6 Å². The summed E-state index contributed by atoms with van der Waals surface area (Å²) in [6, 6.07) is 8.86. The zero-order chi connectivity index (χ0) is 14.4. The fourth-order valence-electron chi connectivity index (χ4n) is 2.84. The molecule has 1 fully saturated rings. The van der Waals surface area contributed by atoms with E-state index >= 15 is 0 Å². The van der Waals surface area contributed by atoms with E-state index in [-0.39, 0.29) is 0 Å². The van der Waals surface area contributed by atoms with Crippen LogP contribution in [-0.4, -0.2) is 50.2 Å². The van der Waals surface area contributed by atoms with E-state index in [1.807, 2.05) is 12.1 Å². The van der Waals surface area contributed by atoms with Crippen LogP contribution in [0.25, 0.3) is 0 Å². The number of rotatable bonds is 6. The maximum Gasteiger partial charge on any atom is 0.0407 e. The first-order valence-corrected chi connectivity index (χ1v) is 8.07. The third kappa shape index (κ3) is 4.11. The molecule has 1 aromatic carbocycles. The van der Waals surface area contributed by atoms with Crippen LogP contribution in [-0.2, 0) is 0 Å². The molecule has 112 valence electrons. The van der Waals surface area contributed by atoms with Crippen molar-refractivity contribution >= 4 is 17.3 Å². The van der Waals surface area contributed by atoms with Crippen molar-refractivity contribution in [1.29, 1.82) is 0 Å². The Labute approximate surface area is 127 Å². The number of benzene rings is 1. The van der Waals surface area contributed by atoms with Crippen LogP contribution >= 0.6 is 11.6 Å². The first-order valence-electron chi connectivity index (χ1n) is 7.69. The van der Waals surface area contributed by atoms with E-state index < -0.39 is 0 Å². The number of hydrogen-bond acceptors (Lipinski definition) is 3. The Balaban J connectivity index is 1.86. The van der Waals surface area contributed by atoms with E-state index in [0.29, 0.717) is 6.04 Å². The standard InChI is InChI=1S/C16H26ClN3/c1-3-15(13-18-4-2)19-9-11-20(12-10-19)16-7-5-14(17)6-8-16/h5-8,15,18H,3-4,9-13H2,1-2H3. The van der Waals surface area contributed by atoms with Crippen molar-refractivity contribution in [2.45, 2.75) is 26.3 Å². The summed E-state index contributed by atoms with van der Waals surface area (Å²) in [4.78, 5) is 5.07. The number of nitrogens with zero attached hydrogens (tertiary/aromatic N) is 2. The van der Waals surface area contributed by atoms with E-state index in [1.54, 1.807) is 0 Å². The van der Waals surface area contributed by atoms with Gasteiger partial charge >= 0.3 is 0 Å². The Morgan fingerprint density at radius 1 is 1.10 bits per heavy atom. The van der Waals surface area contributed by atoms with Crippen LogP contribution in [0, 0.1) is 0 Å². The molecule has 4 heteroatoms. The molecule has 0 amide bonds. The van der Waals surface area contributed by atoms with Gasteiger partial charge in [0.1, 0.15) is 0 Å². The molecule has 0 radical (unpaired) electrons.